The molecular formula is C15H11I3NNaO4. The van der Waals surface area contributed by atoms with Gasteiger partial charge in [-0.05, 0) is 97.6 Å². The molecule has 0 spiro atoms. The number of alkyl halides is 1. The second kappa shape index (κ2) is 9.55. The summed E-state index contributed by atoms with van der Waals surface area (Å²) in [6.45, 7) is 0. The molecule has 0 saturated carbocycles. The molecule has 122 valence electrons. The molecule has 9 heteroatoms. The minimum Gasteiger partial charge on any atom is -0.871 e. The number of hydrogen-bond acceptors (Lipinski definition) is 4. The van der Waals surface area contributed by atoms with E-state index in [1.54, 1.807) is 59.0 Å². The van der Waals surface area contributed by atoms with Gasteiger partial charge in [0.05, 0.1) is 0 Å². The Morgan fingerprint density at radius 3 is 2.12 bits per heavy atom. The maximum absolute atomic E-state index is 11.7. The number of carboxylic acids is 1. The minimum absolute atomic E-state index is 0. The minimum atomic E-state index is -1.34. The molecule has 2 aromatic rings. The van der Waals surface area contributed by atoms with Crippen LogP contribution in [-0.4, -0.2) is 14.6 Å². The fourth-order valence-corrected chi connectivity index (χ4v) is 3.93. The predicted molar refractivity (Wildman–Crippen MR) is 110 cm³/mol. The Bertz CT molecular complexity index is 715. The number of hydrogen-bond donors (Lipinski definition) is 2. The van der Waals surface area contributed by atoms with E-state index in [1.165, 1.54) is 0 Å². The van der Waals surface area contributed by atoms with Gasteiger partial charge in [0.2, 0.25) is 0 Å². The third-order valence-corrected chi connectivity index (χ3v) is 5.39. The number of halogens is 3. The van der Waals surface area contributed by atoms with E-state index in [1.807, 2.05) is 45.2 Å². The number of nitrogens with two attached hydrogens (primary N) is 1. The van der Waals surface area contributed by atoms with Crippen molar-refractivity contribution in [3.05, 3.63) is 49.1 Å². The van der Waals surface area contributed by atoms with Crippen molar-refractivity contribution < 1.29 is 49.3 Å². The largest absolute Gasteiger partial charge is 1.00 e. The van der Waals surface area contributed by atoms with Crippen LogP contribution in [0, 0.1) is 7.14 Å². The van der Waals surface area contributed by atoms with E-state index in [4.69, 9.17) is 15.6 Å². The molecule has 0 saturated heterocycles. The van der Waals surface area contributed by atoms with Crippen molar-refractivity contribution in [3.8, 4) is 17.2 Å². The van der Waals surface area contributed by atoms with Gasteiger partial charge in [-0.2, -0.15) is 0 Å². The number of carboxylic acid groups (broad SMARTS) is 1. The van der Waals surface area contributed by atoms with Crippen LogP contribution >= 0.6 is 67.8 Å². The molecule has 2 aromatic carbocycles. The van der Waals surface area contributed by atoms with Gasteiger partial charge in [-0.3, -0.25) is 0 Å². The van der Waals surface area contributed by atoms with Crippen LogP contribution in [0.3, 0.4) is 0 Å². The van der Waals surface area contributed by atoms with Crippen LogP contribution in [0.15, 0.2) is 36.4 Å². The van der Waals surface area contributed by atoms with Crippen molar-refractivity contribution in [1.82, 2.24) is 0 Å². The fourth-order valence-electron chi connectivity index (χ4n) is 1.78. The van der Waals surface area contributed by atoms with Crippen molar-refractivity contribution in [1.29, 1.82) is 0 Å². The molecular weight excluding hydrogens is 662 g/mol. The first kappa shape index (κ1) is 22.7. The van der Waals surface area contributed by atoms with Gasteiger partial charge in [0.15, 0.2) is 3.55 Å². The SMILES string of the molecule is N[C@](I)(Cc1ccc(Oc2cc(I)c([O-])c(I)c2)cc1)C(=O)O.[Na+]. The Kier molecular flexibility index (Phi) is 9.04. The Morgan fingerprint density at radius 1 is 1.17 bits per heavy atom. The summed E-state index contributed by atoms with van der Waals surface area (Å²) in [6, 6.07) is 10.4. The van der Waals surface area contributed by atoms with Crippen LogP contribution in [0.5, 0.6) is 17.2 Å². The molecule has 0 radical (unpaired) electrons. The third-order valence-electron chi connectivity index (χ3n) is 2.95. The van der Waals surface area contributed by atoms with E-state index in [2.05, 4.69) is 0 Å². The zero-order chi connectivity index (χ0) is 17.2. The summed E-state index contributed by atoms with van der Waals surface area (Å²) in [4.78, 5) is 11.0. The number of aliphatic carboxylic acids is 1. The second-order valence-electron chi connectivity index (χ2n) is 4.81. The standard InChI is InChI=1S/C15H12I3NO4.Na/c16-11-5-10(6-12(17)13(11)20)23-9-3-1-8(2-4-9)7-15(18,19)14(21)22;/h1-6,20H,7,19H2,(H,21,22);/q;+1/p-1/t15-;/m1./s1. The average Bonchev–Trinajstić information content (AvgIpc) is 2.46. The summed E-state index contributed by atoms with van der Waals surface area (Å²) in [6.07, 6.45) is 0.212. The van der Waals surface area contributed by atoms with E-state index in [9.17, 15) is 9.90 Å². The fraction of sp³-hybridized carbons (Fsp3) is 0.133. The van der Waals surface area contributed by atoms with Crippen molar-refractivity contribution in [3.63, 3.8) is 0 Å². The zero-order valence-electron chi connectivity index (χ0n) is 12.6. The monoisotopic (exact) mass is 673 g/mol. The van der Waals surface area contributed by atoms with Gasteiger partial charge in [-0.25, -0.2) is 4.79 Å². The molecule has 0 aliphatic carbocycles. The number of ether oxygens (including phenoxy) is 1. The van der Waals surface area contributed by atoms with Crippen LogP contribution in [0.25, 0.3) is 0 Å². The van der Waals surface area contributed by atoms with Gasteiger partial charge in [0.25, 0.3) is 0 Å². The maximum atomic E-state index is 11.7. The first-order valence-corrected chi connectivity index (χ1v) is 9.57. The van der Waals surface area contributed by atoms with Gasteiger partial charge in [0, 0.05) is 13.6 Å². The topological polar surface area (TPSA) is 95.6 Å². The molecule has 2 rings (SSSR count). The van der Waals surface area contributed by atoms with Crippen molar-refractivity contribution >= 4 is 73.7 Å². The number of rotatable bonds is 5. The van der Waals surface area contributed by atoms with E-state index in [0.717, 1.165) is 5.56 Å². The van der Waals surface area contributed by atoms with Crippen LogP contribution in [-0.2, 0) is 11.2 Å². The van der Waals surface area contributed by atoms with E-state index in [0.29, 0.717) is 18.6 Å². The Labute approximate surface area is 202 Å². The summed E-state index contributed by atoms with van der Waals surface area (Å²) < 4.78 is 5.59. The molecule has 0 aliphatic heterocycles. The van der Waals surface area contributed by atoms with Gasteiger partial charge in [0.1, 0.15) is 11.5 Å². The Hall–Kier alpha value is 0.660. The van der Waals surface area contributed by atoms with Crippen molar-refractivity contribution in [2.75, 3.05) is 0 Å². The van der Waals surface area contributed by atoms with Gasteiger partial charge < -0.3 is 20.7 Å². The third kappa shape index (κ3) is 6.13. The normalized spacial score (nSPS) is 12.8. The first-order valence-electron chi connectivity index (χ1n) is 6.33. The Morgan fingerprint density at radius 2 is 1.67 bits per heavy atom. The molecule has 5 nitrogen and oxygen atoms in total. The maximum Gasteiger partial charge on any atom is 1.00 e. The second-order valence-corrected chi connectivity index (χ2v) is 9.06. The predicted octanol–water partition coefficient (Wildman–Crippen LogP) is 0.483. The molecule has 24 heavy (non-hydrogen) atoms. The quantitative estimate of drug-likeness (QED) is 0.209. The summed E-state index contributed by atoms with van der Waals surface area (Å²) >= 11 is 5.68. The molecule has 0 aromatic heterocycles. The zero-order valence-corrected chi connectivity index (χ0v) is 21.0. The Balaban J connectivity index is 0.00000288. The van der Waals surface area contributed by atoms with E-state index < -0.39 is 9.51 Å². The smallest absolute Gasteiger partial charge is 0.871 e. The molecule has 0 aliphatic rings. The molecule has 0 unspecified atom stereocenters. The van der Waals surface area contributed by atoms with Crippen LogP contribution < -0.4 is 45.1 Å². The van der Waals surface area contributed by atoms with Gasteiger partial charge >= 0.3 is 35.5 Å². The molecule has 0 amide bonds. The molecule has 0 fully saturated rings. The summed E-state index contributed by atoms with van der Waals surface area (Å²) in [5.41, 5.74) is 6.53. The summed E-state index contributed by atoms with van der Waals surface area (Å²) in [5.74, 6) is 0.119. The summed E-state index contributed by atoms with van der Waals surface area (Å²) in [5, 5.41) is 20.7. The van der Waals surface area contributed by atoms with Crippen LogP contribution in [0.1, 0.15) is 5.56 Å². The van der Waals surface area contributed by atoms with Gasteiger partial charge in [-0.15, -0.1) is 0 Å². The first-order chi connectivity index (χ1) is 10.7. The van der Waals surface area contributed by atoms with Crippen LogP contribution in [0.4, 0.5) is 0 Å². The summed E-state index contributed by atoms with van der Waals surface area (Å²) in [7, 11) is 0. The molecule has 1 atom stereocenters. The molecule has 0 heterocycles. The van der Waals surface area contributed by atoms with E-state index in [-0.39, 0.29) is 41.7 Å². The van der Waals surface area contributed by atoms with Crippen molar-refractivity contribution in [2.24, 2.45) is 5.73 Å². The number of carbonyl (C=O) groups is 1. The molecule has 3 N–H and O–H groups in total. The average molecular weight is 673 g/mol. The number of benzene rings is 2. The van der Waals surface area contributed by atoms with E-state index >= 15 is 0 Å². The molecule has 0 bridgehead atoms. The van der Waals surface area contributed by atoms with Crippen LogP contribution in [0.2, 0.25) is 0 Å². The van der Waals surface area contributed by atoms with Crippen molar-refractivity contribution in [2.45, 2.75) is 9.97 Å². The van der Waals surface area contributed by atoms with Gasteiger partial charge in [-0.1, -0.05) is 17.9 Å².